The quantitative estimate of drug-likeness (QED) is 0.492. The summed E-state index contributed by atoms with van der Waals surface area (Å²) in [6, 6.07) is 12.1. The summed E-state index contributed by atoms with van der Waals surface area (Å²) in [5.41, 5.74) is 1.74. The molecule has 1 aliphatic heterocycles. The van der Waals surface area contributed by atoms with Gasteiger partial charge < -0.3 is 9.80 Å². The molecule has 33 heavy (non-hydrogen) atoms. The van der Waals surface area contributed by atoms with Crippen LogP contribution in [-0.4, -0.2) is 42.6 Å². The highest BCUT2D eigenvalue weighted by Crippen LogP contribution is 2.41. The lowest BCUT2D eigenvalue weighted by Crippen LogP contribution is -2.49. The number of aliphatic imine (C=N–C) groups is 1. The van der Waals surface area contributed by atoms with Gasteiger partial charge in [0.05, 0.1) is 5.69 Å². The number of anilines is 1. The predicted octanol–water partition coefficient (Wildman–Crippen LogP) is 6.02. The number of likely N-dealkylation sites (tertiary alicyclic amines) is 1. The van der Waals surface area contributed by atoms with Gasteiger partial charge in [0, 0.05) is 29.9 Å². The van der Waals surface area contributed by atoms with E-state index in [-0.39, 0.29) is 23.8 Å². The Hall–Kier alpha value is -2.73. The first-order valence-corrected chi connectivity index (χ1v) is 12.7. The van der Waals surface area contributed by atoms with Crippen LogP contribution in [0.4, 0.5) is 5.69 Å². The van der Waals surface area contributed by atoms with Crippen LogP contribution in [0.3, 0.4) is 0 Å². The second kappa shape index (κ2) is 10.5. The molecule has 1 saturated heterocycles. The number of hydrogen-bond acceptors (Lipinski definition) is 4. The molecule has 0 atom stereocenters. The maximum Gasteiger partial charge on any atom is 0.288 e. The van der Waals surface area contributed by atoms with Gasteiger partial charge in [-0.05, 0) is 69.0 Å². The lowest BCUT2D eigenvalue weighted by atomic mass is 9.82. The fraction of sp³-hybridized carbons (Fsp3) is 0.444. The Kier molecular flexibility index (Phi) is 7.43. The maximum absolute atomic E-state index is 14.0. The Morgan fingerprint density at radius 2 is 1.76 bits per heavy atom. The molecule has 0 N–H and O–H groups in total. The van der Waals surface area contributed by atoms with Gasteiger partial charge in [0.25, 0.3) is 5.91 Å². The van der Waals surface area contributed by atoms with Crippen LogP contribution in [-0.2, 0) is 4.79 Å². The van der Waals surface area contributed by atoms with Crippen molar-refractivity contribution in [2.24, 2.45) is 16.8 Å². The summed E-state index contributed by atoms with van der Waals surface area (Å²) < 4.78 is 0. The summed E-state index contributed by atoms with van der Waals surface area (Å²) in [5, 5.41) is 0. The Morgan fingerprint density at radius 3 is 2.36 bits per heavy atom. The number of amides is 2. The van der Waals surface area contributed by atoms with Crippen LogP contribution in [0.25, 0.3) is 10.4 Å². The van der Waals surface area contributed by atoms with Crippen molar-refractivity contribution < 1.29 is 9.59 Å². The van der Waals surface area contributed by atoms with E-state index in [1.165, 1.54) is 11.3 Å². The third-order valence-electron chi connectivity index (χ3n) is 7.09. The smallest absolute Gasteiger partial charge is 0.288 e. The third kappa shape index (κ3) is 5.11. The molecule has 1 aromatic heterocycles. The molecule has 2 heterocycles. The maximum atomic E-state index is 14.0. The fourth-order valence-corrected chi connectivity index (χ4v) is 6.11. The SMILES string of the molecule is C=CN1CCC(N(C(=O)C2CCC(C)CC2)c2cc(-c3ccccc3)sc2C(=O)N=C)CC1. The molecule has 4 rings (SSSR count). The molecule has 0 spiro atoms. The average Bonchev–Trinajstić information content (AvgIpc) is 3.30. The summed E-state index contributed by atoms with van der Waals surface area (Å²) in [4.78, 5) is 36.2. The number of benzene rings is 1. The van der Waals surface area contributed by atoms with Crippen molar-refractivity contribution in [2.45, 2.75) is 51.5 Å². The Morgan fingerprint density at radius 1 is 1.09 bits per heavy atom. The molecule has 6 heteroatoms. The first-order valence-electron chi connectivity index (χ1n) is 11.9. The van der Waals surface area contributed by atoms with Crippen molar-refractivity contribution in [2.75, 3.05) is 18.0 Å². The van der Waals surface area contributed by atoms with Crippen molar-refractivity contribution >= 4 is 35.6 Å². The van der Waals surface area contributed by atoms with E-state index >= 15 is 0 Å². The van der Waals surface area contributed by atoms with Crippen molar-refractivity contribution in [3.8, 4) is 10.4 Å². The van der Waals surface area contributed by atoms with E-state index in [0.29, 0.717) is 16.5 Å². The zero-order valence-electron chi connectivity index (χ0n) is 19.4. The molecule has 0 unspecified atom stereocenters. The van der Waals surface area contributed by atoms with E-state index in [4.69, 9.17) is 0 Å². The van der Waals surface area contributed by atoms with Crippen LogP contribution in [0, 0.1) is 11.8 Å². The molecule has 2 aliphatic rings. The highest BCUT2D eigenvalue weighted by Gasteiger charge is 2.37. The third-order valence-corrected chi connectivity index (χ3v) is 8.25. The van der Waals surface area contributed by atoms with E-state index in [9.17, 15) is 9.59 Å². The number of thiophene rings is 1. The molecule has 2 aromatic rings. The second-order valence-electron chi connectivity index (χ2n) is 9.27. The van der Waals surface area contributed by atoms with Crippen LogP contribution >= 0.6 is 11.3 Å². The van der Waals surface area contributed by atoms with Gasteiger partial charge in [0.2, 0.25) is 5.91 Å². The number of rotatable bonds is 6. The molecule has 2 fully saturated rings. The van der Waals surface area contributed by atoms with Gasteiger partial charge in [-0.2, -0.15) is 0 Å². The number of hydrogen-bond donors (Lipinski definition) is 0. The fourth-order valence-electron chi connectivity index (χ4n) is 5.06. The molecule has 5 nitrogen and oxygen atoms in total. The highest BCUT2D eigenvalue weighted by atomic mass is 32.1. The topological polar surface area (TPSA) is 53.0 Å². The molecule has 0 bridgehead atoms. The van der Waals surface area contributed by atoms with E-state index in [0.717, 1.165) is 62.1 Å². The van der Waals surface area contributed by atoms with Gasteiger partial charge in [0.1, 0.15) is 4.88 Å². The van der Waals surface area contributed by atoms with E-state index in [1.807, 2.05) is 47.5 Å². The summed E-state index contributed by atoms with van der Waals surface area (Å²) in [5.74, 6) is 0.481. The number of piperidine rings is 1. The second-order valence-corrected chi connectivity index (χ2v) is 10.3. The van der Waals surface area contributed by atoms with Crippen LogP contribution in [0.15, 0.2) is 54.2 Å². The predicted molar refractivity (Wildman–Crippen MR) is 137 cm³/mol. The minimum Gasteiger partial charge on any atom is -0.378 e. The van der Waals surface area contributed by atoms with Crippen molar-refractivity contribution in [1.82, 2.24) is 4.90 Å². The van der Waals surface area contributed by atoms with E-state index in [2.05, 4.69) is 30.1 Å². The van der Waals surface area contributed by atoms with Crippen molar-refractivity contribution in [1.29, 1.82) is 0 Å². The lowest BCUT2D eigenvalue weighted by molar-refractivity contribution is -0.124. The van der Waals surface area contributed by atoms with Crippen molar-refractivity contribution in [3.05, 3.63) is 54.1 Å². The summed E-state index contributed by atoms with van der Waals surface area (Å²) in [6.45, 7) is 11.4. The number of nitrogens with zero attached hydrogens (tertiary/aromatic N) is 3. The molecular weight excluding hydrogens is 430 g/mol. The van der Waals surface area contributed by atoms with Gasteiger partial charge in [-0.3, -0.25) is 9.59 Å². The minimum atomic E-state index is -0.365. The first-order chi connectivity index (χ1) is 16.0. The largest absolute Gasteiger partial charge is 0.378 e. The summed E-state index contributed by atoms with van der Waals surface area (Å²) in [7, 11) is 0. The molecule has 0 radical (unpaired) electrons. The van der Waals surface area contributed by atoms with E-state index in [1.54, 1.807) is 0 Å². The molecular formula is C27H33N3O2S. The normalized spacial score (nSPS) is 21.4. The van der Waals surface area contributed by atoms with Crippen LogP contribution in [0.2, 0.25) is 0 Å². The van der Waals surface area contributed by atoms with Gasteiger partial charge >= 0.3 is 0 Å². The van der Waals surface area contributed by atoms with Crippen LogP contribution < -0.4 is 4.90 Å². The Balaban J connectivity index is 1.75. The van der Waals surface area contributed by atoms with Gasteiger partial charge in [-0.1, -0.05) is 43.8 Å². The molecule has 2 amide bonds. The average molecular weight is 464 g/mol. The van der Waals surface area contributed by atoms with Crippen molar-refractivity contribution in [3.63, 3.8) is 0 Å². The molecule has 174 valence electrons. The first kappa shape index (κ1) is 23.4. The van der Waals surface area contributed by atoms with Gasteiger partial charge in [0.15, 0.2) is 0 Å². The standard InChI is InChI=1S/C27H33N3O2S/c1-4-29-16-14-22(15-17-29)30(27(32)21-12-10-19(2)11-13-21)23-18-24(20-8-6-5-7-9-20)33-25(23)26(31)28-3/h4-9,18-19,21-22H,1,3,10-17H2,2H3. The molecule has 1 aliphatic carbocycles. The Labute approximate surface area is 200 Å². The molecule has 1 saturated carbocycles. The Bertz CT molecular complexity index is 1000. The number of carbonyl (C=O) groups excluding carboxylic acids is 2. The summed E-state index contributed by atoms with van der Waals surface area (Å²) >= 11 is 1.40. The van der Waals surface area contributed by atoms with Crippen LogP contribution in [0.5, 0.6) is 0 Å². The minimum absolute atomic E-state index is 0.0124. The zero-order chi connectivity index (χ0) is 23.4. The summed E-state index contributed by atoms with van der Waals surface area (Å²) in [6.07, 6.45) is 7.58. The lowest BCUT2D eigenvalue weighted by Gasteiger charge is -2.40. The number of carbonyl (C=O) groups is 2. The molecule has 1 aromatic carbocycles. The monoisotopic (exact) mass is 463 g/mol. The van der Waals surface area contributed by atoms with Crippen LogP contribution in [0.1, 0.15) is 55.1 Å². The van der Waals surface area contributed by atoms with Gasteiger partial charge in [-0.15, -0.1) is 11.3 Å². The zero-order valence-corrected chi connectivity index (χ0v) is 20.2. The van der Waals surface area contributed by atoms with Gasteiger partial charge in [-0.25, -0.2) is 4.99 Å². The van der Waals surface area contributed by atoms with E-state index < -0.39 is 0 Å². The highest BCUT2D eigenvalue weighted by molar-refractivity contribution is 7.18.